The van der Waals surface area contributed by atoms with Crippen molar-refractivity contribution < 1.29 is 15.3 Å². The second kappa shape index (κ2) is 7.11. The van der Waals surface area contributed by atoms with Gasteiger partial charge in [0.1, 0.15) is 11.6 Å². The van der Waals surface area contributed by atoms with Crippen molar-refractivity contribution in [1.82, 2.24) is 14.9 Å². The van der Waals surface area contributed by atoms with Crippen LogP contribution in [0.25, 0.3) is 0 Å². The minimum Gasteiger partial charge on any atom is -0.507 e. The number of phenols is 3. The lowest BCUT2D eigenvalue weighted by atomic mass is 9.88. The summed E-state index contributed by atoms with van der Waals surface area (Å²) >= 11 is 0. The number of hydrogen-bond donors (Lipinski definition) is 3. The third-order valence-corrected chi connectivity index (χ3v) is 5.57. The largest absolute Gasteiger partial charge is 0.507 e. The Morgan fingerprint density at radius 3 is 2.58 bits per heavy atom. The van der Waals surface area contributed by atoms with Crippen LogP contribution in [0.5, 0.6) is 17.2 Å². The Balaban J connectivity index is 1.47. The van der Waals surface area contributed by atoms with Crippen molar-refractivity contribution in [3.63, 3.8) is 0 Å². The van der Waals surface area contributed by atoms with Gasteiger partial charge in [-0.3, -0.25) is 4.90 Å². The molecule has 0 spiro atoms. The summed E-state index contributed by atoms with van der Waals surface area (Å²) in [5.41, 5.74) is 2.89. The van der Waals surface area contributed by atoms with Crippen molar-refractivity contribution in [3.8, 4) is 17.2 Å². The van der Waals surface area contributed by atoms with Crippen molar-refractivity contribution in [2.24, 2.45) is 0 Å². The van der Waals surface area contributed by atoms with Gasteiger partial charge in [-0.2, -0.15) is 0 Å². The standard InChI is InChI=1S/C20H25N3O3/c24-17-9-19(26)18(25)8-14(17)11-23-7-6-16-15(12-23)10-21-20(22-16)13-4-2-1-3-5-13/h8-10,13,24-26H,1-7,11-12H2. The molecular weight excluding hydrogens is 330 g/mol. The number of nitrogens with zero attached hydrogens (tertiary/aromatic N) is 3. The third-order valence-electron chi connectivity index (χ3n) is 5.57. The number of benzene rings is 1. The van der Waals surface area contributed by atoms with E-state index in [1.54, 1.807) is 0 Å². The van der Waals surface area contributed by atoms with E-state index in [9.17, 15) is 15.3 Å². The summed E-state index contributed by atoms with van der Waals surface area (Å²) in [5, 5.41) is 29.1. The molecule has 6 nitrogen and oxygen atoms in total. The fourth-order valence-electron chi connectivity index (χ4n) is 4.06. The highest BCUT2D eigenvalue weighted by Gasteiger charge is 2.23. The predicted molar refractivity (Wildman–Crippen MR) is 97.1 cm³/mol. The van der Waals surface area contributed by atoms with Crippen LogP contribution in [0.4, 0.5) is 0 Å². The number of hydrogen-bond acceptors (Lipinski definition) is 6. The van der Waals surface area contributed by atoms with Gasteiger partial charge in [-0.15, -0.1) is 0 Å². The molecule has 1 aliphatic carbocycles. The molecular formula is C20H25N3O3. The zero-order valence-electron chi connectivity index (χ0n) is 14.9. The minimum atomic E-state index is -0.307. The Bertz CT molecular complexity index is 803. The van der Waals surface area contributed by atoms with E-state index >= 15 is 0 Å². The number of rotatable bonds is 3. The van der Waals surface area contributed by atoms with E-state index in [-0.39, 0.29) is 17.2 Å². The van der Waals surface area contributed by atoms with Gasteiger partial charge in [0.25, 0.3) is 0 Å². The normalized spacial score (nSPS) is 18.6. The molecule has 0 radical (unpaired) electrons. The first-order valence-corrected chi connectivity index (χ1v) is 9.41. The first-order valence-electron chi connectivity index (χ1n) is 9.41. The number of aromatic nitrogens is 2. The van der Waals surface area contributed by atoms with Crippen LogP contribution in [0.1, 0.15) is 60.7 Å². The maximum absolute atomic E-state index is 10.00. The summed E-state index contributed by atoms with van der Waals surface area (Å²) in [6.07, 6.45) is 9.12. The molecule has 3 N–H and O–H groups in total. The maximum atomic E-state index is 10.00. The maximum Gasteiger partial charge on any atom is 0.161 e. The SMILES string of the molecule is Oc1cc(O)c(CN2CCc3nc(C4CCCCC4)ncc3C2)cc1O. The summed E-state index contributed by atoms with van der Waals surface area (Å²) in [4.78, 5) is 11.7. The van der Waals surface area contributed by atoms with Crippen molar-refractivity contribution in [2.45, 2.75) is 57.5 Å². The topological polar surface area (TPSA) is 89.7 Å². The number of phenolic OH excluding ortho intramolecular Hbond substituents is 3. The van der Waals surface area contributed by atoms with E-state index in [1.165, 1.54) is 44.2 Å². The van der Waals surface area contributed by atoms with Gasteiger partial charge in [0.15, 0.2) is 11.5 Å². The molecule has 2 aliphatic rings. The first kappa shape index (κ1) is 17.1. The lowest BCUT2D eigenvalue weighted by molar-refractivity contribution is 0.238. The van der Waals surface area contributed by atoms with Crippen molar-refractivity contribution in [2.75, 3.05) is 6.54 Å². The molecule has 0 bridgehead atoms. The fourth-order valence-corrected chi connectivity index (χ4v) is 4.06. The van der Waals surface area contributed by atoms with Crippen LogP contribution in [-0.2, 0) is 19.5 Å². The molecule has 1 aliphatic heterocycles. The Labute approximate surface area is 153 Å². The lowest BCUT2D eigenvalue weighted by Gasteiger charge is -2.29. The van der Waals surface area contributed by atoms with Crippen LogP contribution < -0.4 is 0 Å². The average Bonchev–Trinajstić information content (AvgIpc) is 2.66. The molecule has 0 atom stereocenters. The summed E-state index contributed by atoms with van der Waals surface area (Å²) in [6.45, 7) is 2.07. The third kappa shape index (κ3) is 3.46. The fraction of sp³-hybridized carbons (Fsp3) is 0.500. The van der Waals surface area contributed by atoms with Crippen LogP contribution in [0.3, 0.4) is 0 Å². The van der Waals surface area contributed by atoms with E-state index in [0.717, 1.165) is 36.6 Å². The Morgan fingerprint density at radius 1 is 1.00 bits per heavy atom. The van der Waals surface area contributed by atoms with Gasteiger partial charge in [0.05, 0.1) is 0 Å². The summed E-state index contributed by atoms with van der Waals surface area (Å²) in [7, 11) is 0. The monoisotopic (exact) mass is 355 g/mol. The molecule has 1 fully saturated rings. The van der Waals surface area contributed by atoms with Crippen molar-refractivity contribution in [1.29, 1.82) is 0 Å². The van der Waals surface area contributed by atoms with E-state index < -0.39 is 0 Å². The molecule has 2 heterocycles. The molecule has 1 saturated carbocycles. The van der Waals surface area contributed by atoms with Gasteiger partial charge in [-0.05, 0) is 18.9 Å². The van der Waals surface area contributed by atoms with E-state index in [4.69, 9.17) is 4.98 Å². The molecule has 138 valence electrons. The Morgan fingerprint density at radius 2 is 1.77 bits per heavy atom. The van der Waals surface area contributed by atoms with E-state index in [2.05, 4.69) is 9.88 Å². The van der Waals surface area contributed by atoms with Crippen LogP contribution in [0, 0.1) is 0 Å². The van der Waals surface area contributed by atoms with E-state index in [0.29, 0.717) is 18.0 Å². The quantitative estimate of drug-likeness (QED) is 0.579. The smallest absolute Gasteiger partial charge is 0.161 e. The Kier molecular flexibility index (Phi) is 4.68. The van der Waals surface area contributed by atoms with Crippen LogP contribution >= 0.6 is 0 Å². The minimum absolute atomic E-state index is 0.00464. The predicted octanol–water partition coefficient (Wildman–Crippen LogP) is 3.20. The van der Waals surface area contributed by atoms with Gasteiger partial charge in [0.2, 0.25) is 0 Å². The molecule has 26 heavy (non-hydrogen) atoms. The molecule has 0 unspecified atom stereocenters. The molecule has 4 rings (SSSR count). The zero-order chi connectivity index (χ0) is 18.1. The molecule has 0 amide bonds. The highest BCUT2D eigenvalue weighted by Crippen LogP contribution is 2.34. The van der Waals surface area contributed by atoms with Gasteiger partial charge in [-0.1, -0.05) is 19.3 Å². The molecule has 1 aromatic heterocycles. The van der Waals surface area contributed by atoms with Gasteiger partial charge >= 0.3 is 0 Å². The summed E-state index contributed by atoms with van der Waals surface area (Å²) < 4.78 is 0. The van der Waals surface area contributed by atoms with Gasteiger partial charge in [-0.25, -0.2) is 9.97 Å². The summed E-state index contributed by atoms with van der Waals surface area (Å²) in [6, 6.07) is 2.60. The highest BCUT2D eigenvalue weighted by molar-refractivity contribution is 5.48. The number of fused-ring (bicyclic) bond motifs is 1. The Hall–Kier alpha value is -2.34. The molecule has 0 saturated heterocycles. The van der Waals surface area contributed by atoms with E-state index in [1.807, 2.05) is 6.20 Å². The summed E-state index contributed by atoms with van der Waals surface area (Å²) in [5.74, 6) is 1.01. The number of aromatic hydroxyl groups is 3. The molecule has 1 aromatic carbocycles. The zero-order valence-corrected chi connectivity index (χ0v) is 14.9. The van der Waals surface area contributed by atoms with Gasteiger partial charge < -0.3 is 15.3 Å². The van der Waals surface area contributed by atoms with Crippen molar-refractivity contribution in [3.05, 3.63) is 41.0 Å². The highest BCUT2D eigenvalue weighted by atomic mass is 16.3. The van der Waals surface area contributed by atoms with Crippen molar-refractivity contribution >= 4 is 0 Å². The van der Waals surface area contributed by atoms with Crippen LogP contribution in [-0.4, -0.2) is 36.7 Å². The molecule has 6 heteroatoms. The average molecular weight is 355 g/mol. The first-order chi connectivity index (χ1) is 12.6. The van der Waals surface area contributed by atoms with Crippen LogP contribution in [0.15, 0.2) is 18.3 Å². The van der Waals surface area contributed by atoms with Crippen LogP contribution in [0.2, 0.25) is 0 Å². The molecule has 2 aromatic rings. The second-order valence-corrected chi connectivity index (χ2v) is 7.47. The second-order valence-electron chi connectivity index (χ2n) is 7.47. The lowest BCUT2D eigenvalue weighted by Crippen LogP contribution is -2.31. The van der Waals surface area contributed by atoms with Gasteiger partial charge in [0, 0.05) is 61.1 Å².